The minimum absolute atomic E-state index is 0.0216. The molecule has 1 saturated carbocycles. The summed E-state index contributed by atoms with van der Waals surface area (Å²) in [6.45, 7) is 2.36. The number of pyridine rings is 2. The molecule has 3 aromatic heterocycles. The number of para-hydroxylation sites is 2. The van der Waals surface area contributed by atoms with Crippen molar-refractivity contribution in [1.82, 2.24) is 24.0 Å². The van der Waals surface area contributed by atoms with E-state index in [1.807, 2.05) is 77.4 Å². The standard InChI is InChI=1S/C33H31N5O3.C17H14N2O6S/c1-37-28-17-8-7-16-27(28)29-30(32(37)39)38(20-25-13-6-5-12-24(25)19-34)31(36-29)23-14-9-15-26(18-23)35-33(40)41-21-22-10-3-2-4-11-22;1-11-7-9-12(10-8-11)26(23,24)25-16-13-5-3-4-6-14(13)18(2)17(20)15(16)19(21)22/h2-8,10-13,16-17,23,26H,9,14-15,18,20-21H2,1H3,(H,35,40);3-10H,1-2H3/t23?,26-;/m0./s1. The zero-order valence-corrected chi connectivity index (χ0v) is 37.6. The van der Waals surface area contributed by atoms with E-state index in [1.54, 1.807) is 54.9 Å². The van der Waals surface area contributed by atoms with Gasteiger partial charge < -0.3 is 27.9 Å². The highest BCUT2D eigenvalue weighted by Crippen LogP contribution is 2.37. The van der Waals surface area contributed by atoms with Crippen molar-refractivity contribution in [3.63, 3.8) is 0 Å². The van der Waals surface area contributed by atoms with Crippen LogP contribution in [0.5, 0.6) is 5.75 Å². The number of hydrogen-bond acceptors (Lipinski definition) is 11. The van der Waals surface area contributed by atoms with E-state index >= 15 is 0 Å². The number of amides is 1. The zero-order chi connectivity index (χ0) is 47.4. The fourth-order valence-electron chi connectivity index (χ4n) is 8.56. The van der Waals surface area contributed by atoms with Crippen molar-refractivity contribution < 1.29 is 27.1 Å². The number of nitro groups is 1. The van der Waals surface area contributed by atoms with E-state index in [0.29, 0.717) is 35.1 Å². The van der Waals surface area contributed by atoms with Crippen LogP contribution in [0.2, 0.25) is 0 Å². The van der Waals surface area contributed by atoms with Crippen molar-refractivity contribution in [2.45, 2.75) is 62.6 Å². The molecule has 0 aliphatic heterocycles. The van der Waals surface area contributed by atoms with E-state index in [4.69, 9.17) is 13.9 Å². The normalized spacial score (nSPS) is 14.8. The Morgan fingerprint density at radius 2 is 1.48 bits per heavy atom. The van der Waals surface area contributed by atoms with Gasteiger partial charge in [-0.2, -0.15) is 13.7 Å². The number of alkyl carbamates (subject to hydrolysis) is 1. The second kappa shape index (κ2) is 19.2. The van der Waals surface area contributed by atoms with Crippen LogP contribution in [0.3, 0.4) is 0 Å². The molecule has 16 nitrogen and oxygen atoms in total. The van der Waals surface area contributed by atoms with Crippen LogP contribution in [0.1, 0.15) is 59.7 Å². The van der Waals surface area contributed by atoms with Crippen LogP contribution in [-0.2, 0) is 42.1 Å². The number of nitrogens with one attached hydrogen (secondary N) is 1. The number of carbonyl (C=O) groups is 1. The largest absolute Gasteiger partial charge is 0.445 e. The quantitative estimate of drug-likeness (QED) is 0.0783. The van der Waals surface area contributed by atoms with Gasteiger partial charge in [-0.25, -0.2) is 9.78 Å². The summed E-state index contributed by atoms with van der Waals surface area (Å²) in [5.74, 6) is 0.243. The molecule has 1 N–H and O–H groups in total. The molecule has 1 unspecified atom stereocenters. The van der Waals surface area contributed by atoms with Gasteiger partial charge >= 0.3 is 27.5 Å². The Hall–Kier alpha value is -8.10. The first-order valence-electron chi connectivity index (χ1n) is 21.5. The van der Waals surface area contributed by atoms with Gasteiger partial charge in [0.2, 0.25) is 5.75 Å². The van der Waals surface area contributed by atoms with Crippen LogP contribution in [0.4, 0.5) is 10.5 Å². The first kappa shape index (κ1) is 45.5. The van der Waals surface area contributed by atoms with E-state index in [2.05, 4.69) is 11.4 Å². The van der Waals surface area contributed by atoms with Crippen LogP contribution >= 0.6 is 0 Å². The predicted octanol–water partition coefficient (Wildman–Crippen LogP) is 8.28. The second-order valence-electron chi connectivity index (χ2n) is 16.3. The SMILES string of the molecule is Cc1ccc(S(=O)(=O)Oc2c([N+](=O)[O-])c(=O)n(C)c3ccccc23)cc1.Cn1c(=O)c2c(nc(C3CCC[C@H](NC(=O)OCc4ccccc4)C3)n2Cc2ccccc2C#N)c2ccccc21. The van der Waals surface area contributed by atoms with Gasteiger partial charge in [0.05, 0.1) is 34.1 Å². The molecular weight excluding hydrogens is 875 g/mol. The average Bonchev–Trinajstić information content (AvgIpc) is 3.72. The number of carbonyl (C=O) groups excluding carboxylic acids is 1. The lowest BCUT2D eigenvalue weighted by molar-refractivity contribution is -0.387. The summed E-state index contributed by atoms with van der Waals surface area (Å²) in [4.78, 5) is 54.2. The highest BCUT2D eigenvalue weighted by atomic mass is 32.2. The summed E-state index contributed by atoms with van der Waals surface area (Å²) in [6, 6.07) is 39.1. The number of hydrogen-bond donors (Lipinski definition) is 1. The number of nitriles is 1. The Balaban J connectivity index is 0.000000202. The molecule has 67 heavy (non-hydrogen) atoms. The molecule has 8 aromatic rings. The monoisotopic (exact) mass is 919 g/mol. The lowest BCUT2D eigenvalue weighted by Gasteiger charge is -2.29. The van der Waals surface area contributed by atoms with Gasteiger partial charge in [0.25, 0.3) is 5.56 Å². The summed E-state index contributed by atoms with van der Waals surface area (Å²) in [5, 5.41) is 25.3. The Morgan fingerprint density at radius 1 is 0.851 bits per heavy atom. The topological polar surface area (TPSA) is 210 Å². The fourth-order valence-corrected chi connectivity index (χ4v) is 9.52. The number of ether oxygens (including phenoxy) is 1. The molecule has 2 atom stereocenters. The highest BCUT2D eigenvalue weighted by Gasteiger charge is 2.32. The Bertz CT molecular complexity index is 3470. The van der Waals surface area contributed by atoms with Crippen molar-refractivity contribution >= 4 is 54.7 Å². The maximum Gasteiger partial charge on any atom is 0.407 e. The summed E-state index contributed by atoms with van der Waals surface area (Å²) < 4.78 is 40.5. The van der Waals surface area contributed by atoms with Gasteiger partial charge in [-0.3, -0.25) is 19.7 Å². The third kappa shape index (κ3) is 9.38. The van der Waals surface area contributed by atoms with Crippen LogP contribution in [-0.4, -0.2) is 44.2 Å². The minimum atomic E-state index is -4.36. The molecule has 340 valence electrons. The third-order valence-electron chi connectivity index (χ3n) is 12.0. The number of nitrogens with zero attached hydrogens (tertiary/aromatic N) is 6. The molecule has 0 bridgehead atoms. The summed E-state index contributed by atoms with van der Waals surface area (Å²) in [6.07, 6.45) is 2.89. The predicted molar refractivity (Wildman–Crippen MR) is 252 cm³/mol. The lowest BCUT2D eigenvalue weighted by atomic mass is 9.85. The molecule has 1 aliphatic carbocycles. The smallest absolute Gasteiger partial charge is 0.407 e. The Labute approximate surface area is 384 Å². The number of fused-ring (bicyclic) bond motifs is 4. The Kier molecular flexibility index (Phi) is 13.0. The fraction of sp³-hybridized carbons (Fsp3) is 0.220. The van der Waals surface area contributed by atoms with Crippen LogP contribution in [0.25, 0.3) is 32.8 Å². The molecule has 0 spiro atoms. The number of aromatic nitrogens is 4. The molecule has 3 heterocycles. The van der Waals surface area contributed by atoms with Crippen molar-refractivity contribution in [3.8, 4) is 11.8 Å². The minimum Gasteiger partial charge on any atom is -0.445 e. The summed E-state index contributed by atoms with van der Waals surface area (Å²) >= 11 is 0. The average molecular weight is 920 g/mol. The molecule has 1 aliphatic rings. The van der Waals surface area contributed by atoms with Gasteiger partial charge in [0.15, 0.2) is 0 Å². The highest BCUT2D eigenvalue weighted by molar-refractivity contribution is 7.87. The first-order valence-corrected chi connectivity index (χ1v) is 22.9. The molecule has 17 heteroatoms. The molecular formula is C50H45N7O9S. The van der Waals surface area contributed by atoms with Crippen LogP contribution in [0.15, 0.2) is 142 Å². The number of rotatable bonds is 10. The van der Waals surface area contributed by atoms with E-state index in [1.165, 1.54) is 25.2 Å². The molecule has 5 aromatic carbocycles. The van der Waals surface area contributed by atoms with Gasteiger partial charge in [-0.15, -0.1) is 0 Å². The molecule has 1 fully saturated rings. The van der Waals surface area contributed by atoms with Crippen molar-refractivity contribution in [2.75, 3.05) is 0 Å². The van der Waals surface area contributed by atoms with Gasteiger partial charge in [-0.05, 0) is 73.7 Å². The lowest BCUT2D eigenvalue weighted by Crippen LogP contribution is -2.38. The molecule has 0 saturated heterocycles. The molecule has 0 radical (unpaired) electrons. The van der Waals surface area contributed by atoms with E-state index in [0.717, 1.165) is 57.2 Å². The van der Waals surface area contributed by atoms with Gasteiger partial charge in [-0.1, -0.05) is 103 Å². The summed E-state index contributed by atoms with van der Waals surface area (Å²) in [5.41, 5.74) is 3.52. The van der Waals surface area contributed by atoms with Crippen LogP contribution in [0, 0.1) is 28.4 Å². The third-order valence-corrected chi connectivity index (χ3v) is 13.2. The number of aryl methyl sites for hydroxylation is 3. The summed E-state index contributed by atoms with van der Waals surface area (Å²) in [7, 11) is -1.21. The van der Waals surface area contributed by atoms with Crippen molar-refractivity contribution in [3.05, 3.63) is 186 Å². The van der Waals surface area contributed by atoms with Crippen molar-refractivity contribution in [1.29, 1.82) is 5.26 Å². The first-order chi connectivity index (χ1) is 32.2. The zero-order valence-electron chi connectivity index (χ0n) is 36.8. The van der Waals surface area contributed by atoms with E-state index < -0.39 is 38.1 Å². The molecule has 1 amide bonds. The van der Waals surface area contributed by atoms with E-state index in [-0.39, 0.29) is 34.4 Å². The second-order valence-corrected chi connectivity index (χ2v) is 17.9. The number of imidazole rings is 1. The van der Waals surface area contributed by atoms with Gasteiger partial charge in [0.1, 0.15) is 28.4 Å². The maximum absolute atomic E-state index is 13.8. The number of benzene rings is 5. The van der Waals surface area contributed by atoms with Crippen LogP contribution < -0.4 is 20.6 Å². The van der Waals surface area contributed by atoms with Gasteiger partial charge in [0, 0.05) is 36.8 Å². The maximum atomic E-state index is 13.8. The Morgan fingerprint density at radius 3 is 2.18 bits per heavy atom. The van der Waals surface area contributed by atoms with E-state index in [9.17, 15) is 38.2 Å². The molecule has 9 rings (SSSR count). The van der Waals surface area contributed by atoms with Crippen molar-refractivity contribution in [2.24, 2.45) is 14.1 Å².